The first kappa shape index (κ1) is 23.4. The number of carbonyl (C=O) groups is 2. The van der Waals surface area contributed by atoms with E-state index in [0.29, 0.717) is 22.6 Å². The van der Waals surface area contributed by atoms with Crippen molar-refractivity contribution in [2.24, 2.45) is 12.8 Å². The molecule has 4 aromatic rings. The number of aromatic nitrogens is 5. The predicted molar refractivity (Wildman–Crippen MR) is 120 cm³/mol. The van der Waals surface area contributed by atoms with Crippen LogP contribution in [0.1, 0.15) is 32.4 Å². The van der Waals surface area contributed by atoms with E-state index in [0.717, 1.165) is 17.5 Å². The Labute approximate surface area is 195 Å². The summed E-state index contributed by atoms with van der Waals surface area (Å²) in [5.41, 5.74) is 7.00. The molecule has 13 heteroatoms. The van der Waals surface area contributed by atoms with Crippen molar-refractivity contribution < 1.29 is 22.8 Å². The number of alkyl halides is 3. The van der Waals surface area contributed by atoms with Crippen LogP contribution in [0, 0.1) is 20.8 Å². The molecule has 0 fully saturated rings. The van der Waals surface area contributed by atoms with E-state index < -0.39 is 23.7 Å². The number of pyridine rings is 1. The fraction of sp³-hybridized carbons (Fsp3) is 0.286. The van der Waals surface area contributed by atoms with Gasteiger partial charge in [0.2, 0.25) is 5.91 Å². The average molecular weight is 491 g/mol. The number of carbonyl (C=O) groups excluding carboxylic acids is 2. The van der Waals surface area contributed by atoms with E-state index in [1.165, 1.54) is 15.6 Å². The number of hydrogen-bond acceptors (Lipinski definition) is 6. The molecule has 3 N–H and O–H groups in total. The maximum atomic E-state index is 13.6. The van der Waals surface area contributed by atoms with Gasteiger partial charge in [-0.3, -0.25) is 19.0 Å². The first-order valence-electron chi connectivity index (χ1n) is 10.0. The number of anilines is 1. The van der Waals surface area contributed by atoms with Crippen LogP contribution in [-0.2, 0) is 24.6 Å². The second-order valence-corrected chi connectivity index (χ2v) is 8.80. The number of hydrogen-bond donors (Lipinski definition) is 2. The predicted octanol–water partition coefficient (Wildman–Crippen LogP) is 3.57. The summed E-state index contributed by atoms with van der Waals surface area (Å²) in [4.78, 5) is 28.6. The van der Waals surface area contributed by atoms with Gasteiger partial charge in [0.05, 0.1) is 17.6 Å². The molecule has 0 aliphatic heterocycles. The van der Waals surface area contributed by atoms with Crippen molar-refractivity contribution in [3.63, 3.8) is 0 Å². The smallest absolute Gasteiger partial charge is 0.365 e. The summed E-state index contributed by atoms with van der Waals surface area (Å²) in [6.45, 7) is 5.11. The Hall–Kier alpha value is -3.74. The van der Waals surface area contributed by atoms with Gasteiger partial charge in [0.15, 0.2) is 0 Å². The molecule has 0 unspecified atom stereocenters. The van der Waals surface area contributed by atoms with Crippen molar-refractivity contribution in [2.75, 3.05) is 5.32 Å². The normalized spacial score (nSPS) is 11.9. The van der Waals surface area contributed by atoms with Crippen molar-refractivity contribution >= 4 is 39.1 Å². The molecular weight excluding hydrogens is 471 g/mol. The zero-order valence-corrected chi connectivity index (χ0v) is 19.4. The van der Waals surface area contributed by atoms with Gasteiger partial charge in [-0.1, -0.05) is 0 Å². The van der Waals surface area contributed by atoms with Crippen LogP contribution in [0.4, 0.5) is 18.9 Å². The number of amides is 2. The lowest BCUT2D eigenvalue weighted by Crippen LogP contribution is -2.22. The van der Waals surface area contributed by atoms with E-state index in [9.17, 15) is 22.8 Å². The molecular formula is C21H20F3N7O2S. The summed E-state index contributed by atoms with van der Waals surface area (Å²) in [5, 5.41) is 11.2. The Balaban J connectivity index is 1.92. The van der Waals surface area contributed by atoms with E-state index in [1.807, 2.05) is 0 Å². The summed E-state index contributed by atoms with van der Waals surface area (Å²) in [6.07, 6.45) is -3.30. The number of nitrogens with zero attached hydrogens (tertiary/aromatic N) is 5. The molecule has 2 amide bonds. The van der Waals surface area contributed by atoms with Crippen LogP contribution < -0.4 is 11.1 Å². The monoisotopic (exact) mass is 491 g/mol. The molecule has 4 heterocycles. The summed E-state index contributed by atoms with van der Waals surface area (Å²) in [5.74, 6) is -1.42. The topological polar surface area (TPSA) is 121 Å². The minimum absolute atomic E-state index is 0.0125. The maximum absolute atomic E-state index is 13.6. The third kappa shape index (κ3) is 4.14. The number of rotatable bonds is 5. The first-order valence-corrected chi connectivity index (χ1v) is 10.8. The van der Waals surface area contributed by atoms with Crippen molar-refractivity contribution in [2.45, 2.75) is 33.5 Å². The average Bonchev–Trinajstić information content (AvgIpc) is 3.36. The van der Waals surface area contributed by atoms with E-state index in [2.05, 4.69) is 20.5 Å². The van der Waals surface area contributed by atoms with Crippen LogP contribution in [0.3, 0.4) is 0 Å². The molecule has 0 radical (unpaired) electrons. The molecule has 9 nitrogen and oxygen atoms in total. The molecule has 0 saturated carbocycles. The molecule has 34 heavy (non-hydrogen) atoms. The summed E-state index contributed by atoms with van der Waals surface area (Å²) in [6, 6.07) is 2.69. The van der Waals surface area contributed by atoms with Gasteiger partial charge in [0.25, 0.3) is 5.91 Å². The Morgan fingerprint density at radius 1 is 1.18 bits per heavy atom. The molecule has 4 rings (SSSR count). The highest BCUT2D eigenvalue weighted by Gasteiger charge is 2.35. The van der Waals surface area contributed by atoms with Crippen molar-refractivity contribution in [1.82, 2.24) is 24.5 Å². The minimum atomic E-state index is -4.73. The van der Waals surface area contributed by atoms with E-state index in [-0.39, 0.29) is 32.9 Å². The molecule has 0 aromatic carbocycles. The molecule has 0 bridgehead atoms. The first-order chi connectivity index (χ1) is 15.9. The van der Waals surface area contributed by atoms with Gasteiger partial charge in [-0.2, -0.15) is 23.4 Å². The summed E-state index contributed by atoms with van der Waals surface area (Å²) in [7, 11) is 1.65. The van der Waals surface area contributed by atoms with Gasteiger partial charge in [-0.05, 0) is 38.5 Å². The third-order valence-corrected chi connectivity index (χ3v) is 6.46. The molecule has 0 saturated heterocycles. The third-order valence-electron chi connectivity index (χ3n) is 5.36. The highest BCUT2D eigenvalue weighted by Crippen LogP contribution is 2.44. The Morgan fingerprint density at radius 3 is 2.41 bits per heavy atom. The standard InChI is InChI=1S/C21H20F3N7O2S/c1-9-5-10(2)31(29-9)8-15(32)28-17-16-12(13-7-26-30(4)11(13)3)6-14(21(22,23)24)27-20(16)34-18(17)19(25)33/h5-7H,8H2,1-4H3,(H2,25,33)(H,28,32). The Bertz CT molecular complexity index is 1450. The SMILES string of the molecule is Cc1cc(C)n(CC(=O)Nc2c(C(N)=O)sc3nc(C(F)(F)F)cc(-c4cnn(C)c4C)c23)n1. The Morgan fingerprint density at radius 2 is 1.88 bits per heavy atom. The van der Waals surface area contributed by atoms with E-state index >= 15 is 0 Å². The number of halogens is 3. The van der Waals surface area contributed by atoms with Gasteiger partial charge < -0.3 is 11.1 Å². The van der Waals surface area contributed by atoms with Crippen LogP contribution in [0.5, 0.6) is 0 Å². The molecule has 0 atom stereocenters. The highest BCUT2D eigenvalue weighted by molar-refractivity contribution is 7.21. The van der Waals surface area contributed by atoms with Crippen LogP contribution >= 0.6 is 11.3 Å². The van der Waals surface area contributed by atoms with Crippen molar-refractivity contribution in [3.05, 3.63) is 46.0 Å². The van der Waals surface area contributed by atoms with Crippen molar-refractivity contribution in [1.29, 1.82) is 0 Å². The van der Waals surface area contributed by atoms with Crippen LogP contribution in [0.25, 0.3) is 21.3 Å². The van der Waals surface area contributed by atoms with Gasteiger partial charge >= 0.3 is 6.18 Å². The molecule has 0 spiro atoms. The lowest BCUT2D eigenvalue weighted by molar-refractivity contribution is -0.140. The number of fused-ring (bicyclic) bond motifs is 1. The number of primary amides is 1. The fourth-order valence-corrected chi connectivity index (χ4v) is 4.67. The van der Waals surface area contributed by atoms with E-state index in [4.69, 9.17) is 5.73 Å². The number of nitrogens with one attached hydrogen (secondary N) is 1. The molecule has 178 valence electrons. The highest BCUT2D eigenvalue weighted by atomic mass is 32.1. The number of aryl methyl sites for hydroxylation is 3. The largest absolute Gasteiger partial charge is 0.433 e. The minimum Gasteiger partial charge on any atom is -0.365 e. The number of thiophene rings is 1. The zero-order valence-electron chi connectivity index (χ0n) is 18.6. The van der Waals surface area contributed by atoms with Gasteiger partial charge in [0, 0.05) is 29.4 Å². The lowest BCUT2D eigenvalue weighted by Gasteiger charge is -2.12. The van der Waals surface area contributed by atoms with Crippen molar-refractivity contribution in [3.8, 4) is 11.1 Å². The second kappa shape index (κ2) is 8.24. The summed E-state index contributed by atoms with van der Waals surface area (Å²) < 4.78 is 43.9. The lowest BCUT2D eigenvalue weighted by atomic mass is 10.0. The van der Waals surface area contributed by atoms with E-state index in [1.54, 1.807) is 33.9 Å². The number of nitrogens with two attached hydrogens (primary N) is 1. The molecule has 0 aliphatic carbocycles. The quantitative estimate of drug-likeness (QED) is 0.442. The van der Waals surface area contributed by atoms with Gasteiger partial charge in [-0.15, -0.1) is 11.3 Å². The molecule has 4 aromatic heterocycles. The van der Waals surface area contributed by atoms with Crippen LogP contribution in [-0.4, -0.2) is 36.4 Å². The molecule has 0 aliphatic rings. The summed E-state index contributed by atoms with van der Waals surface area (Å²) >= 11 is 0.689. The Kier molecular flexibility index (Phi) is 5.67. The maximum Gasteiger partial charge on any atom is 0.433 e. The van der Waals surface area contributed by atoms with Crippen LogP contribution in [0.2, 0.25) is 0 Å². The van der Waals surface area contributed by atoms with Gasteiger partial charge in [0.1, 0.15) is 21.9 Å². The zero-order chi connectivity index (χ0) is 24.9. The van der Waals surface area contributed by atoms with Gasteiger partial charge in [-0.25, -0.2) is 4.98 Å². The van der Waals surface area contributed by atoms with Crippen LogP contribution in [0.15, 0.2) is 18.3 Å². The fourth-order valence-electron chi connectivity index (χ4n) is 3.66. The second-order valence-electron chi connectivity index (χ2n) is 7.80.